The minimum Gasteiger partial charge on any atom is -0.331 e. The van der Waals surface area contributed by atoms with Crippen LogP contribution in [-0.2, 0) is 7.05 Å². The highest BCUT2D eigenvalue weighted by molar-refractivity contribution is 5.77. The van der Waals surface area contributed by atoms with Crippen LogP contribution in [0.2, 0.25) is 0 Å². The molecule has 1 unspecified atom stereocenters. The van der Waals surface area contributed by atoms with Gasteiger partial charge in [-0.05, 0) is 49.4 Å². The van der Waals surface area contributed by atoms with Crippen LogP contribution in [0.1, 0.15) is 55.8 Å². The summed E-state index contributed by atoms with van der Waals surface area (Å²) in [4.78, 5) is 4.82. The maximum atomic E-state index is 5.66. The van der Waals surface area contributed by atoms with Gasteiger partial charge in [0, 0.05) is 13.0 Å². The molecule has 1 atom stereocenters. The number of nitrogens with two attached hydrogens (primary N) is 1. The highest BCUT2D eigenvalue weighted by atomic mass is 15.1. The molecule has 3 nitrogen and oxygen atoms in total. The van der Waals surface area contributed by atoms with Gasteiger partial charge in [-0.15, -0.1) is 0 Å². The molecule has 1 aliphatic rings. The molecule has 3 rings (SSSR count). The second kappa shape index (κ2) is 4.97. The molecule has 1 fully saturated rings. The van der Waals surface area contributed by atoms with Crippen molar-refractivity contribution < 1.29 is 0 Å². The first kappa shape index (κ1) is 12.7. The summed E-state index contributed by atoms with van der Waals surface area (Å²) >= 11 is 0. The normalized spacial score (nSPS) is 17.6. The zero-order valence-electron chi connectivity index (χ0n) is 11.9. The highest BCUT2D eigenvalue weighted by Gasteiger charge is 2.24. The van der Waals surface area contributed by atoms with Gasteiger partial charge in [-0.1, -0.05) is 19.4 Å². The van der Waals surface area contributed by atoms with Crippen LogP contribution in [0.25, 0.3) is 11.0 Å². The number of hydrogen-bond acceptors (Lipinski definition) is 2. The van der Waals surface area contributed by atoms with Crippen molar-refractivity contribution in [3.05, 3.63) is 29.6 Å². The Morgan fingerprint density at radius 2 is 2.21 bits per heavy atom. The highest BCUT2D eigenvalue weighted by Crippen LogP contribution is 2.37. The Bertz CT molecular complexity index is 581. The lowest BCUT2D eigenvalue weighted by molar-refractivity contribution is 0.394. The van der Waals surface area contributed by atoms with Crippen molar-refractivity contribution >= 4 is 11.0 Å². The predicted octanol–water partition coefficient (Wildman–Crippen LogP) is 3.29. The van der Waals surface area contributed by atoms with Crippen LogP contribution >= 0.6 is 0 Å². The molecule has 0 bridgehead atoms. The van der Waals surface area contributed by atoms with E-state index in [1.54, 1.807) is 0 Å². The van der Waals surface area contributed by atoms with Crippen LogP contribution in [0, 0.1) is 0 Å². The zero-order valence-corrected chi connectivity index (χ0v) is 11.9. The van der Waals surface area contributed by atoms with E-state index >= 15 is 0 Å². The lowest BCUT2D eigenvalue weighted by atomic mass is 9.85. The Balaban J connectivity index is 1.99. The summed E-state index contributed by atoms with van der Waals surface area (Å²) in [5.41, 5.74) is 9.44. The number of hydrogen-bond donors (Lipinski definition) is 1. The van der Waals surface area contributed by atoms with Crippen molar-refractivity contribution in [2.75, 3.05) is 6.54 Å². The van der Waals surface area contributed by atoms with Gasteiger partial charge in [-0.2, -0.15) is 0 Å². The minimum atomic E-state index is 0.524. The molecule has 1 aromatic heterocycles. The van der Waals surface area contributed by atoms with E-state index in [0.29, 0.717) is 11.8 Å². The molecule has 1 aromatic carbocycles. The number of aromatic nitrogens is 2. The lowest BCUT2D eigenvalue weighted by Crippen LogP contribution is -2.13. The van der Waals surface area contributed by atoms with Gasteiger partial charge in [-0.3, -0.25) is 0 Å². The van der Waals surface area contributed by atoms with E-state index in [2.05, 4.69) is 36.7 Å². The fraction of sp³-hybridized carbons (Fsp3) is 0.562. The fourth-order valence-electron chi connectivity index (χ4n) is 2.98. The van der Waals surface area contributed by atoms with Crippen molar-refractivity contribution in [3.63, 3.8) is 0 Å². The van der Waals surface area contributed by atoms with Crippen molar-refractivity contribution in [2.24, 2.45) is 12.8 Å². The van der Waals surface area contributed by atoms with E-state index in [1.165, 1.54) is 36.2 Å². The Morgan fingerprint density at radius 3 is 2.84 bits per heavy atom. The Hall–Kier alpha value is -1.35. The third-order valence-corrected chi connectivity index (χ3v) is 4.58. The Labute approximate surface area is 114 Å². The average Bonchev–Trinajstić information content (AvgIpc) is 2.65. The molecule has 2 N–H and O–H groups in total. The summed E-state index contributed by atoms with van der Waals surface area (Å²) in [6.07, 6.45) is 4.99. The summed E-state index contributed by atoms with van der Waals surface area (Å²) in [6, 6.07) is 6.67. The van der Waals surface area contributed by atoms with E-state index < -0.39 is 0 Å². The molecule has 1 aliphatic carbocycles. The van der Waals surface area contributed by atoms with E-state index in [-0.39, 0.29) is 0 Å². The third kappa shape index (κ3) is 2.16. The van der Waals surface area contributed by atoms with Crippen molar-refractivity contribution in [3.8, 4) is 0 Å². The molecular weight excluding hydrogens is 234 g/mol. The third-order valence-electron chi connectivity index (χ3n) is 4.58. The summed E-state index contributed by atoms with van der Waals surface area (Å²) in [7, 11) is 2.15. The van der Waals surface area contributed by atoms with Crippen LogP contribution in [0.5, 0.6) is 0 Å². The van der Waals surface area contributed by atoms with Gasteiger partial charge in [0.05, 0.1) is 11.0 Å². The van der Waals surface area contributed by atoms with Crippen LogP contribution in [0.3, 0.4) is 0 Å². The van der Waals surface area contributed by atoms with Gasteiger partial charge in [-0.25, -0.2) is 4.98 Å². The molecule has 3 heteroatoms. The van der Waals surface area contributed by atoms with E-state index in [4.69, 9.17) is 10.7 Å². The van der Waals surface area contributed by atoms with Gasteiger partial charge in [0.1, 0.15) is 5.82 Å². The summed E-state index contributed by atoms with van der Waals surface area (Å²) in [5, 5.41) is 0. The number of aryl methyl sites for hydroxylation is 1. The van der Waals surface area contributed by atoms with Gasteiger partial charge in [0.15, 0.2) is 0 Å². The molecule has 0 radical (unpaired) electrons. The second-order valence-electron chi connectivity index (χ2n) is 5.88. The molecule has 0 saturated heterocycles. The first-order valence-electron chi connectivity index (χ1n) is 7.37. The van der Waals surface area contributed by atoms with Crippen molar-refractivity contribution in [1.82, 2.24) is 9.55 Å². The Kier molecular flexibility index (Phi) is 3.31. The molecule has 1 heterocycles. The van der Waals surface area contributed by atoms with E-state index in [9.17, 15) is 0 Å². The largest absolute Gasteiger partial charge is 0.331 e. The average molecular weight is 257 g/mol. The van der Waals surface area contributed by atoms with Gasteiger partial charge >= 0.3 is 0 Å². The van der Waals surface area contributed by atoms with E-state index in [0.717, 1.165) is 18.5 Å². The van der Waals surface area contributed by atoms with Gasteiger partial charge in [0.25, 0.3) is 0 Å². The summed E-state index contributed by atoms with van der Waals surface area (Å²) in [5.74, 6) is 2.48. The maximum Gasteiger partial charge on any atom is 0.112 e. The number of rotatable bonds is 4. The quantitative estimate of drug-likeness (QED) is 0.913. The topological polar surface area (TPSA) is 43.8 Å². The number of fused-ring (bicyclic) bond motifs is 1. The molecule has 0 spiro atoms. The predicted molar refractivity (Wildman–Crippen MR) is 79.4 cm³/mol. The minimum absolute atomic E-state index is 0.524. The van der Waals surface area contributed by atoms with Crippen LogP contribution < -0.4 is 5.73 Å². The number of nitrogens with zero attached hydrogens (tertiary/aromatic N) is 2. The van der Waals surface area contributed by atoms with Crippen molar-refractivity contribution in [2.45, 2.75) is 44.4 Å². The maximum absolute atomic E-state index is 5.66. The first-order valence-corrected chi connectivity index (χ1v) is 7.37. The molecule has 2 aromatic rings. The molecule has 0 amide bonds. The summed E-state index contributed by atoms with van der Waals surface area (Å²) < 4.78 is 2.29. The number of imidazole rings is 1. The molecule has 19 heavy (non-hydrogen) atoms. The molecule has 0 aliphatic heterocycles. The second-order valence-corrected chi connectivity index (χ2v) is 5.88. The summed E-state index contributed by atoms with van der Waals surface area (Å²) in [6.45, 7) is 3.00. The molecule has 102 valence electrons. The smallest absolute Gasteiger partial charge is 0.112 e. The Morgan fingerprint density at radius 1 is 1.42 bits per heavy atom. The fourth-order valence-corrected chi connectivity index (χ4v) is 2.98. The standard InChI is InChI=1S/C16H23N3/c1-11(8-9-17)13-6-7-14-15(10-13)19(2)16(18-14)12-4-3-5-12/h6-7,10-12H,3-5,8-9,17H2,1-2H3. The van der Waals surface area contributed by atoms with E-state index in [1.807, 2.05) is 0 Å². The lowest BCUT2D eigenvalue weighted by Gasteiger charge is -2.24. The van der Waals surface area contributed by atoms with Crippen LogP contribution in [0.15, 0.2) is 18.2 Å². The van der Waals surface area contributed by atoms with Crippen molar-refractivity contribution in [1.29, 1.82) is 0 Å². The molecular formula is C16H23N3. The monoisotopic (exact) mass is 257 g/mol. The van der Waals surface area contributed by atoms with Crippen LogP contribution in [0.4, 0.5) is 0 Å². The van der Waals surface area contributed by atoms with Gasteiger partial charge < -0.3 is 10.3 Å². The van der Waals surface area contributed by atoms with Gasteiger partial charge in [0.2, 0.25) is 0 Å². The van der Waals surface area contributed by atoms with Crippen LogP contribution in [-0.4, -0.2) is 16.1 Å². The molecule has 1 saturated carbocycles. The zero-order chi connectivity index (χ0) is 13.4. The first-order chi connectivity index (χ1) is 9.20. The number of benzene rings is 1. The SMILES string of the molecule is CC(CCN)c1ccc2nc(C3CCC3)n(C)c2c1.